The van der Waals surface area contributed by atoms with E-state index in [0.29, 0.717) is 6.04 Å². The molecule has 0 aromatic heterocycles. The zero-order valence-electron chi connectivity index (χ0n) is 12.7. The molecule has 0 amide bonds. The van der Waals surface area contributed by atoms with Crippen LogP contribution in [0.3, 0.4) is 0 Å². The van der Waals surface area contributed by atoms with Crippen LogP contribution in [-0.4, -0.2) is 0 Å². The fourth-order valence-corrected chi connectivity index (χ4v) is 2.97. The maximum atomic E-state index is 3.72. The Labute approximate surface area is 136 Å². The van der Waals surface area contributed by atoms with Crippen molar-refractivity contribution in [2.45, 2.75) is 45.2 Å². The van der Waals surface area contributed by atoms with Gasteiger partial charge in [0.2, 0.25) is 0 Å². The van der Waals surface area contributed by atoms with Crippen molar-refractivity contribution in [3.63, 3.8) is 0 Å². The van der Waals surface area contributed by atoms with E-state index in [1.54, 1.807) is 0 Å². The molecule has 0 aliphatic rings. The first-order chi connectivity index (χ1) is 10.3. The van der Waals surface area contributed by atoms with E-state index in [9.17, 15) is 0 Å². The number of rotatable bonds is 8. The molecule has 2 aromatic carbocycles. The molecule has 1 nitrogen and oxygen atoms in total. The van der Waals surface area contributed by atoms with Crippen molar-refractivity contribution in [3.05, 3.63) is 70.2 Å². The highest BCUT2D eigenvalue weighted by Gasteiger charge is 2.11. The van der Waals surface area contributed by atoms with Gasteiger partial charge in [-0.2, -0.15) is 0 Å². The van der Waals surface area contributed by atoms with Crippen molar-refractivity contribution in [2.75, 3.05) is 0 Å². The first kappa shape index (κ1) is 16.3. The predicted molar refractivity (Wildman–Crippen MR) is 94.3 cm³/mol. The van der Waals surface area contributed by atoms with E-state index in [-0.39, 0.29) is 0 Å². The summed E-state index contributed by atoms with van der Waals surface area (Å²) in [5, 5.41) is 3.72. The maximum Gasteiger partial charge on any atom is 0.0323 e. The van der Waals surface area contributed by atoms with Crippen LogP contribution in [0.4, 0.5) is 0 Å². The van der Waals surface area contributed by atoms with Crippen LogP contribution in [0.5, 0.6) is 0 Å². The van der Waals surface area contributed by atoms with Crippen LogP contribution in [0, 0.1) is 0 Å². The second-order valence-corrected chi connectivity index (χ2v) is 6.29. The van der Waals surface area contributed by atoms with Crippen molar-refractivity contribution in [1.29, 1.82) is 0 Å². The first-order valence-electron chi connectivity index (χ1n) is 7.83. The van der Waals surface area contributed by atoms with Gasteiger partial charge in [-0.1, -0.05) is 90.6 Å². The molecule has 2 rings (SSSR count). The molecule has 0 saturated heterocycles. The molecule has 1 N–H and O–H groups in total. The van der Waals surface area contributed by atoms with Gasteiger partial charge in [0.25, 0.3) is 0 Å². The monoisotopic (exact) mass is 345 g/mol. The van der Waals surface area contributed by atoms with E-state index in [1.165, 1.54) is 41.3 Å². The van der Waals surface area contributed by atoms with Crippen LogP contribution in [-0.2, 0) is 6.54 Å². The molecule has 0 aliphatic carbocycles. The van der Waals surface area contributed by atoms with E-state index in [2.05, 4.69) is 82.8 Å². The Hall–Kier alpha value is -1.12. The van der Waals surface area contributed by atoms with Crippen LogP contribution >= 0.6 is 15.9 Å². The topological polar surface area (TPSA) is 12.0 Å². The van der Waals surface area contributed by atoms with Gasteiger partial charge in [0, 0.05) is 17.1 Å². The maximum absolute atomic E-state index is 3.72. The molecular weight excluding hydrogens is 322 g/mol. The smallest absolute Gasteiger partial charge is 0.0323 e. The number of unbranched alkanes of at least 4 members (excludes halogenated alkanes) is 2. The van der Waals surface area contributed by atoms with Crippen LogP contribution < -0.4 is 5.32 Å². The Morgan fingerprint density at radius 3 is 2.38 bits per heavy atom. The molecule has 0 heterocycles. The van der Waals surface area contributed by atoms with Gasteiger partial charge >= 0.3 is 0 Å². The van der Waals surface area contributed by atoms with Gasteiger partial charge in [0.1, 0.15) is 0 Å². The summed E-state index contributed by atoms with van der Waals surface area (Å²) in [6.45, 7) is 3.15. The third-order valence-corrected chi connectivity index (χ3v) is 4.57. The molecule has 112 valence electrons. The summed E-state index contributed by atoms with van der Waals surface area (Å²) in [4.78, 5) is 0. The summed E-state index contributed by atoms with van der Waals surface area (Å²) in [6, 6.07) is 19.7. The van der Waals surface area contributed by atoms with Gasteiger partial charge in [0.05, 0.1) is 0 Å². The summed E-state index contributed by atoms with van der Waals surface area (Å²) in [5.41, 5.74) is 2.70. The van der Waals surface area contributed by atoms with Crippen molar-refractivity contribution in [3.8, 4) is 0 Å². The number of hydrogen-bond acceptors (Lipinski definition) is 1. The summed E-state index contributed by atoms with van der Waals surface area (Å²) >= 11 is 3.63. The van der Waals surface area contributed by atoms with Gasteiger partial charge in [-0.25, -0.2) is 0 Å². The molecule has 0 spiro atoms. The quantitative estimate of drug-likeness (QED) is 0.590. The van der Waals surface area contributed by atoms with Crippen molar-refractivity contribution >= 4 is 15.9 Å². The number of nitrogens with one attached hydrogen (secondary N) is 1. The number of hydrogen-bond donors (Lipinski definition) is 1. The summed E-state index contributed by atoms with van der Waals surface area (Å²) < 4.78 is 1.18. The van der Waals surface area contributed by atoms with Gasteiger partial charge in [0.15, 0.2) is 0 Å². The molecule has 0 bridgehead atoms. The van der Waals surface area contributed by atoms with E-state index in [4.69, 9.17) is 0 Å². The Balaban J connectivity index is 2.00. The fourth-order valence-electron chi connectivity index (χ4n) is 2.55. The SMILES string of the molecule is CCCCCC(NCc1ccccc1Br)c1ccccc1. The van der Waals surface area contributed by atoms with Crippen LogP contribution in [0.2, 0.25) is 0 Å². The average Bonchev–Trinajstić information content (AvgIpc) is 2.53. The highest BCUT2D eigenvalue weighted by Crippen LogP contribution is 2.22. The van der Waals surface area contributed by atoms with E-state index >= 15 is 0 Å². The van der Waals surface area contributed by atoms with Crippen LogP contribution in [0.25, 0.3) is 0 Å². The van der Waals surface area contributed by atoms with Crippen molar-refractivity contribution < 1.29 is 0 Å². The van der Waals surface area contributed by atoms with E-state index in [0.717, 1.165) is 6.54 Å². The summed E-state index contributed by atoms with van der Waals surface area (Å²) in [6.07, 6.45) is 5.05. The molecule has 0 aliphatic heterocycles. The second kappa shape index (κ2) is 9.01. The van der Waals surface area contributed by atoms with Gasteiger partial charge in [-0.3, -0.25) is 0 Å². The lowest BCUT2D eigenvalue weighted by atomic mass is 10.00. The second-order valence-electron chi connectivity index (χ2n) is 5.43. The lowest BCUT2D eigenvalue weighted by molar-refractivity contribution is 0.473. The Morgan fingerprint density at radius 1 is 0.952 bits per heavy atom. The molecule has 0 fully saturated rings. The minimum atomic E-state index is 0.435. The Kier molecular flexibility index (Phi) is 6.98. The van der Waals surface area contributed by atoms with Crippen molar-refractivity contribution in [2.24, 2.45) is 0 Å². The Bertz CT molecular complexity index is 524. The molecule has 1 atom stereocenters. The van der Waals surface area contributed by atoms with Crippen molar-refractivity contribution in [1.82, 2.24) is 5.32 Å². The molecule has 0 saturated carbocycles. The summed E-state index contributed by atoms with van der Waals surface area (Å²) in [5.74, 6) is 0. The van der Waals surface area contributed by atoms with E-state index < -0.39 is 0 Å². The highest BCUT2D eigenvalue weighted by molar-refractivity contribution is 9.10. The first-order valence-corrected chi connectivity index (χ1v) is 8.62. The Morgan fingerprint density at radius 2 is 1.67 bits per heavy atom. The highest BCUT2D eigenvalue weighted by atomic mass is 79.9. The lowest BCUT2D eigenvalue weighted by Gasteiger charge is -2.20. The molecule has 2 heteroatoms. The standard InChI is InChI=1S/C19H24BrN/c1-2-3-5-14-19(16-10-6-4-7-11-16)21-15-17-12-8-9-13-18(17)20/h4,6-13,19,21H,2-3,5,14-15H2,1H3. The largest absolute Gasteiger partial charge is 0.306 e. The average molecular weight is 346 g/mol. The third kappa shape index (κ3) is 5.29. The van der Waals surface area contributed by atoms with Gasteiger partial charge in [-0.15, -0.1) is 0 Å². The normalized spacial score (nSPS) is 12.3. The van der Waals surface area contributed by atoms with E-state index in [1.807, 2.05) is 0 Å². The number of halogens is 1. The minimum Gasteiger partial charge on any atom is -0.306 e. The molecule has 21 heavy (non-hydrogen) atoms. The molecule has 2 aromatic rings. The predicted octanol–water partition coefficient (Wildman–Crippen LogP) is 5.86. The van der Waals surface area contributed by atoms with Gasteiger partial charge < -0.3 is 5.32 Å². The van der Waals surface area contributed by atoms with Crippen LogP contribution in [0.15, 0.2) is 59.1 Å². The fraction of sp³-hybridized carbons (Fsp3) is 0.368. The minimum absolute atomic E-state index is 0.435. The number of benzene rings is 2. The molecular formula is C19H24BrN. The summed E-state index contributed by atoms with van der Waals surface area (Å²) in [7, 11) is 0. The zero-order chi connectivity index (χ0) is 14.9. The zero-order valence-corrected chi connectivity index (χ0v) is 14.3. The van der Waals surface area contributed by atoms with Crippen LogP contribution in [0.1, 0.15) is 49.8 Å². The molecule has 1 unspecified atom stereocenters. The third-order valence-electron chi connectivity index (χ3n) is 3.80. The lowest BCUT2D eigenvalue weighted by Crippen LogP contribution is -2.21. The van der Waals surface area contributed by atoms with Gasteiger partial charge in [-0.05, 0) is 23.6 Å². The molecule has 0 radical (unpaired) electrons.